The predicted molar refractivity (Wildman–Crippen MR) is 48.2 cm³/mol. The highest BCUT2D eigenvalue weighted by Crippen LogP contribution is 2.36. The number of amides is 1. The van der Waals surface area contributed by atoms with E-state index in [0.717, 1.165) is 12.8 Å². The molecule has 3 nitrogen and oxygen atoms in total. The lowest BCUT2D eigenvalue weighted by Gasteiger charge is -2.34. The lowest BCUT2D eigenvalue weighted by atomic mass is 9.98. The average molecular weight is 181 g/mol. The minimum Gasteiger partial charge on any atom is -0.330 e. The fraction of sp³-hybridized carbons (Fsp3) is 0.800. The van der Waals surface area contributed by atoms with Crippen LogP contribution in [0.3, 0.4) is 0 Å². The van der Waals surface area contributed by atoms with E-state index < -0.39 is 0 Å². The summed E-state index contributed by atoms with van der Waals surface area (Å²) in [5.74, 6) is -0.447. The van der Waals surface area contributed by atoms with Crippen molar-refractivity contribution in [2.24, 2.45) is 0 Å². The van der Waals surface area contributed by atoms with E-state index in [4.69, 9.17) is 0 Å². The fourth-order valence-electron chi connectivity index (χ4n) is 2.49. The minimum atomic E-state index is -0.246. The Kier molecular flexibility index (Phi) is 1.90. The molecular weight excluding hydrogens is 166 g/mol. The van der Waals surface area contributed by atoms with E-state index in [9.17, 15) is 9.59 Å². The predicted octanol–water partition coefficient (Wildman–Crippen LogP) is 1.12. The van der Waals surface area contributed by atoms with Crippen LogP contribution in [0.4, 0.5) is 0 Å². The molecule has 1 heterocycles. The van der Waals surface area contributed by atoms with E-state index in [2.05, 4.69) is 6.92 Å². The van der Waals surface area contributed by atoms with E-state index in [1.54, 1.807) is 4.90 Å². The molecular formula is C10H15NO2. The summed E-state index contributed by atoms with van der Waals surface area (Å²) in [5.41, 5.74) is -0.0107. The van der Waals surface area contributed by atoms with Gasteiger partial charge < -0.3 is 4.90 Å². The van der Waals surface area contributed by atoms with E-state index in [-0.39, 0.29) is 17.2 Å². The Hall–Kier alpha value is -0.860. The minimum absolute atomic E-state index is 0.0107. The van der Waals surface area contributed by atoms with Crippen LogP contribution in [-0.2, 0) is 9.59 Å². The Balaban J connectivity index is 2.17. The molecule has 0 radical (unpaired) electrons. The van der Waals surface area contributed by atoms with Gasteiger partial charge >= 0.3 is 0 Å². The summed E-state index contributed by atoms with van der Waals surface area (Å²) in [5, 5.41) is 0. The first-order chi connectivity index (χ1) is 6.13. The van der Waals surface area contributed by atoms with Crippen molar-refractivity contribution in [1.82, 2.24) is 4.90 Å². The Morgan fingerprint density at radius 3 is 2.31 bits per heavy atom. The quantitative estimate of drug-likeness (QED) is 0.568. The molecule has 0 N–H and O–H groups in total. The Labute approximate surface area is 78.1 Å². The van der Waals surface area contributed by atoms with Crippen LogP contribution >= 0.6 is 0 Å². The van der Waals surface area contributed by atoms with Crippen molar-refractivity contribution in [2.45, 2.75) is 44.6 Å². The first kappa shape index (κ1) is 8.73. The van der Waals surface area contributed by atoms with Crippen LogP contribution in [0, 0.1) is 0 Å². The first-order valence-electron chi connectivity index (χ1n) is 4.98. The number of rotatable bonds is 1. The molecule has 1 aliphatic heterocycles. The zero-order chi connectivity index (χ0) is 9.47. The van der Waals surface area contributed by atoms with Crippen LogP contribution in [-0.4, -0.2) is 28.7 Å². The van der Waals surface area contributed by atoms with Crippen LogP contribution < -0.4 is 0 Å². The van der Waals surface area contributed by atoms with Crippen molar-refractivity contribution in [3.63, 3.8) is 0 Å². The Morgan fingerprint density at radius 1 is 1.23 bits per heavy atom. The first-order valence-corrected chi connectivity index (χ1v) is 4.98. The van der Waals surface area contributed by atoms with Gasteiger partial charge in [0.1, 0.15) is 0 Å². The van der Waals surface area contributed by atoms with Crippen LogP contribution in [0.25, 0.3) is 0 Å². The summed E-state index contributed by atoms with van der Waals surface area (Å²) >= 11 is 0. The smallest absolute Gasteiger partial charge is 0.290 e. The van der Waals surface area contributed by atoms with E-state index in [1.165, 1.54) is 12.8 Å². The second-order valence-corrected chi connectivity index (χ2v) is 4.33. The maximum absolute atomic E-state index is 11.5. The number of Topliss-reactive ketones (excluding diaryl/α,β-unsaturated/α-hetero) is 1. The number of hydrogen-bond acceptors (Lipinski definition) is 2. The summed E-state index contributed by atoms with van der Waals surface area (Å²) in [4.78, 5) is 24.4. The van der Waals surface area contributed by atoms with Crippen LogP contribution in [0.1, 0.15) is 39.0 Å². The molecule has 72 valence electrons. The summed E-state index contributed by atoms with van der Waals surface area (Å²) in [6.07, 6.45) is 4.93. The highest BCUT2D eigenvalue weighted by atomic mass is 16.2. The van der Waals surface area contributed by atoms with Gasteiger partial charge in [-0.2, -0.15) is 0 Å². The normalized spacial score (nSPS) is 27.3. The lowest BCUT2D eigenvalue weighted by molar-refractivity contribution is -0.143. The topological polar surface area (TPSA) is 37.4 Å². The largest absolute Gasteiger partial charge is 0.330 e. The number of likely N-dealkylation sites (tertiary alicyclic amines) is 1. The number of ketones is 1. The number of nitrogens with zero attached hydrogens (tertiary/aromatic N) is 1. The Bertz CT molecular complexity index is 254. The third-order valence-electron chi connectivity index (χ3n) is 3.38. The molecule has 3 heteroatoms. The molecule has 1 saturated carbocycles. The van der Waals surface area contributed by atoms with Gasteiger partial charge in [-0.3, -0.25) is 9.59 Å². The highest BCUT2D eigenvalue weighted by Gasteiger charge is 2.43. The summed E-state index contributed by atoms with van der Waals surface area (Å²) < 4.78 is 0. The van der Waals surface area contributed by atoms with E-state index >= 15 is 0 Å². The van der Waals surface area contributed by atoms with Gasteiger partial charge in [0.15, 0.2) is 0 Å². The molecule has 2 fully saturated rings. The zero-order valence-electron chi connectivity index (χ0n) is 8.01. The van der Waals surface area contributed by atoms with Crippen LogP contribution in [0.5, 0.6) is 0 Å². The molecule has 0 bridgehead atoms. The summed E-state index contributed by atoms with van der Waals surface area (Å²) in [6, 6.07) is 0. The van der Waals surface area contributed by atoms with Crippen LogP contribution in [0.2, 0.25) is 0 Å². The highest BCUT2D eigenvalue weighted by molar-refractivity contribution is 6.38. The number of carbonyl (C=O) groups excluding carboxylic acids is 2. The fourth-order valence-corrected chi connectivity index (χ4v) is 2.49. The molecule has 0 atom stereocenters. The average Bonchev–Trinajstić information content (AvgIpc) is 2.63. The molecule has 1 saturated heterocycles. The third-order valence-corrected chi connectivity index (χ3v) is 3.38. The second kappa shape index (κ2) is 2.82. The maximum atomic E-state index is 11.5. The molecule has 13 heavy (non-hydrogen) atoms. The molecule has 2 aliphatic rings. The molecule has 2 rings (SSSR count). The zero-order valence-corrected chi connectivity index (χ0v) is 8.01. The standard InChI is InChI=1S/C10H15NO2/c1-10(5-2-3-6-10)11-7-4-8(12)9(11)13/h2-7H2,1H3. The van der Waals surface area contributed by atoms with E-state index in [1.807, 2.05) is 0 Å². The SMILES string of the molecule is CC1(N2CCC(=O)C2=O)CCCC1. The maximum Gasteiger partial charge on any atom is 0.290 e. The lowest BCUT2D eigenvalue weighted by Crippen LogP contribution is -2.45. The third kappa shape index (κ3) is 1.26. The Morgan fingerprint density at radius 2 is 1.85 bits per heavy atom. The van der Waals surface area contributed by atoms with Crippen molar-refractivity contribution in [2.75, 3.05) is 6.54 Å². The van der Waals surface area contributed by atoms with Crippen molar-refractivity contribution in [3.05, 3.63) is 0 Å². The summed E-state index contributed by atoms with van der Waals surface area (Å²) in [6.45, 7) is 2.75. The summed E-state index contributed by atoms with van der Waals surface area (Å²) in [7, 11) is 0. The second-order valence-electron chi connectivity index (χ2n) is 4.33. The molecule has 0 aromatic rings. The van der Waals surface area contributed by atoms with Gasteiger partial charge in [-0.05, 0) is 19.8 Å². The van der Waals surface area contributed by atoms with Gasteiger partial charge in [0.2, 0.25) is 5.78 Å². The molecule has 1 amide bonds. The monoisotopic (exact) mass is 181 g/mol. The number of hydrogen-bond donors (Lipinski definition) is 0. The molecule has 0 unspecified atom stereocenters. The van der Waals surface area contributed by atoms with Crippen molar-refractivity contribution in [3.8, 4) is 0 Å². The van der Waals surface area contributed by atoms with Crippen molar-refractivity contribution >= 4 is 11.7 Å². The van der Waals surface area contributed by atoms with E-state index in [0.29, 0.717) is 13.0 Å². The molecule has 1 aliphatic carbocycles. The van der Waals surface area contributed by atoms with Crippen LogP contribution in [0.15, 0.2) is 0 Å². The van der Waals surface area contributed by atoms with Crippen molar-refractivity contribution < 1.29 is 9.59 Å². The molecule has 0 spiro atoms. The molecule has 0 aromatic heterocycles. The van der Waals surface area contributed by atoms with Gasteiger partial charge in [0.05, 0.1) is 0 Å². The van der Waals surface area contributed by atoms with Gasteiger partial charge in [-0.15, -0.1) is 0 Å². The van der Waals surface area contributed by atoms with Gasteiger partial charge in [0.25, 0.3) is 5.91 Å². The van der Waals surface area contributed by atoms with Crippen molar-refractivity contribution in [1.29, 1.82) is 0 Å². The molecule has 0 aromatic carbocycles. The van der Waals surface area contributed by atoms with Gasteiger partial charge in [-0.25, -0.2) is 0 Å². The van der Waals surface area contributed by atoms with Gasteiger partial charge in [-0.1, -0.05) is 12.8 Å². The number of carbonyl (C=O) groups is 2. The van der Waals surface area contributed by atoms with Gasteiger partial charge in [0, 0.05) is 18.5 Å².